The molecule has 128 valence electrons. The molecule has 5 heteroatoms. The first-order valence-electron chi connectivity index (χ1n) is 8.70. The average Bonchev–Trinajstić information content (AvgIpc) is 2.57. The number of nitrogens with one attached hydrogen (secondary N) is 1. The second-order valence-corrected chi connectivity index (χ2v) is 6.28. The molecule has 0 spiro atoms. The molecule has 1 aromatic heterocycles. The van der Waals surface area contributed by atoms with E-state index in [1.165, 1.54) is 11.1 Å². The molecule has 1 aliphatic rings. The van der Waals surface area contributed by atoms with Crippen LogP contribution in [0, 0.1) is 0 Å². The number of carboxylic acid groups (broad SMARTS) is 1. The lowest BCUT2D eigenvalue weighted by molar-refractivity contribution is 0.0663. The van der Waals surface area contributed by atoms with Crippen LogP contribution in [0.25, 0.3) is 11.0 Å². The van der Waals surface area contributed by atoms with Crippen LogP contribution in [-0.4, -0.2) is 17.6 Å². The summed E-state index contributed by atoms with van der Waals surface area (Å²) in [5.74, 6) is -1.50. The molecule has 1 heterocycles. The van der Waals surface area contributed by atoms with Crippen LogP contribution in [0.2, 0.25) is 0 Å². The van der Waals surface area contributed by atoms with Crippen molar-refractivity contribution in [2.75, 3.05) is 11.9 Å². The van der Waals surface area contributed by atoms with Crippen molar-refractivity contribution in [2.45, 2.75) is 52.4 Å². The van der Waals surface area contributed by atoms with Gasteiger partial charge in [-0.15, -0.1) is 0 Å². The van der Waals surface area contributed by atoms with Gasteiger partial charge >= 0.3 is 5.97 Å². The maximum absolute atomic E-state index is 12.7. The Labute approximate surface area is 140 Å². The van der Waals surface area contributed by atoms with E-state index in [2.05, 4.69) is 12.2 Å². The predicted molar refractivity (Wildman–Crippen MR) is 94.2 cm³/mol. The molecule has 0 saturated carbocycles. The third-order valence-corrected chi connectivity index (χ3v) is 4.67. The van der Waals surface area contributed by atoms with E-state index in [4.69, 9.17) is 4.42 Å². The van der Waals surface area contributed by atoms with Crippen LogP contribution >= 0.6 is 0 Å². The van der Waals surface area contributed by atoms with Crippen LogP contribution in [0.4, 0.5) is 5.69 Å². The van der Waals surface area contributed by atoms with E-state index in [1.54, 1.807) is 0 Å². The Morgan fingerprint density at radius 1 is 1.25 bits per heavy atom. The highest BCUT2D eigenvalue weighted by molar-refractivity contribution is 5.97. The van der Waals surface area contributed by atoms with Crippen molar-refractivity contribution >= 4 is 22.6 Å². The first kappa shape index (κ1) is 16.6. The highest BCUT2D eigenvalue weighted by atomic mass is 16.4. The molecule has 0 fully saturated rings. The second kappa shape index (κ2) is 6.67. The quantitative estimate of drug-likeness (QED) is 0.873. The molecule has 0 radical (unpaired) electrons. The van der Waals surface area contributed by atoms with Crippen molar-refractivity contribution in [1.82, 2.24) is 0 Å². The number of carboxylic acids is 1. The fourth-order valence-electron chi connectivity index (χ4n) is 3.74. The van der Waals surface area contributed by atoms with Gasteiger partial charge in [-0.2, -0.15) is 0 Å². The molecule has 5 nitrogen and oxygen atoms in total. The van der Waals surface area contributed by atoms with Crippen LogP contribution in [0.15, 0.2) is 15.3 Å². The first-order chi connectivity index (χ1) is 11.6. The summed E-state index contributed by atoms with van der Waals surface area (Å²) in [6, 6.07) is 1.09. The summed E-state index contributed by atoms with van der Waals surface area (Å²) in [6.07, 6.45) is 5.84. The topological polar surface area (TPSA) is 79.5 Å². The Morgan fingerprint density at radius 2 is 1.96 bits per heavy atom. The van der Waals surface area contributed by atoms with Gasteiger partial charge in [-0.05, 0) is 55.7 Å². The molecule has 2 N–H and O–H groups in total. The minimum atomic E-state index is -1.21. The van der Waals surface area contributed by atoms with Crippen LogP contribution in [0.3, 0.4) is 0 Å². The van der Waals surface area contributed by atoms with Gasteiger partial charge in [0, 0.05) is 12.6 Å². The summed E-state index contributed by atoms with van der Waals surface area (Å²) in [5, 5.41) is 13.1. The van der Waals surface area contributed by atoms with Crippen molar-refractivity contribution in [2.24, 2.45) is 0 Å². The number of aryl methyl sites for hydroxylation is 1. The van der Waals surface area contributed by atoms with E-state index in [9.17, 15) is 14.7 Å². The van der Waals surface area contributed by atoms with Gasteiger partial charge in [-0.25, -0.2) is 4.79 Å². The molecule has 0 saturated heterocycles. The van der Waals surface area contributed by atoms with E-state index >= 15 is 0 Å². The molecular formula is C19H23NO4. The predicted octanol–water partition coefficient (Wildman–Crippen LogP) is 3.75. The van der Waals surface area contributed by atoms with E-state index in [-0.39, 0.29) is 11.2 Å². The zero-order valence-electron chi connectivity index (χ0n) is 14.2. The first-order valence-corrected chi connectivity index (χ1v) is 8.70. The Hall–Kier alpha value is -2.30. The Morgan fingerprint density at radius 3 is 2.58 bits per heavy atom. The molecule has 0 bridgehead atoms. The number of benzene rings is 1. The molecule has 2 aromatic rings. The third-order valence-electron chi connectivity index (χ3n) is 4.67. The zero-order valence-corrected chi connectivity index (χ0v) is 14.2. The van der Waals surface area contributed by atoms with Crippen molar-refractivity contribution in [3.8, 4) is 0 Å². The lowest BCUT2D eigenvalue weighted by Crippen LogP contribution is -2.17. The Balaban J connectivity index is 2.46. The minimum absolute atomic E-state index is 0.282. The Bertz CT molecular complexity index is 851. The minimum Gasteiger partial charge on any atom is -0.475 e. The number of carbonyl (C=O) groups is 1. The van der Waals surface area contributed by atoms with Crippen LogP contribution in [0.1, 0.15) is 60.4 Å². The molecule has 3 rings (SSSR count). The number of anilines is 1. The van der Waals surface area contributed by atoms with Gasteiger partial charge < -0.3 is 14.8 Å². The standard InChI is InChI=1S/C19H23NO4/c1-3-7-13-11-8-5-6-9-12(11)17(20-4-2)16-14(21)10-15(19(22)23)24-18(13)16/h10,20H,3-9H2,1-2H3,(H,22,23). The highest BCUT2D eigenvalue weighted by Gasteiger charge is 2.25. The van der Waals surface area contributed by atoms with Gasteiger partial charge in [-0.3, -0.25) is 4.79 Å². The maximum Gasteiger partial charge on any atom is 0.371 e. The molecular weight excluding hydrogens is 306 g/mol. The molecule has 0 amide bonds. The summed E-state index contributed by atoms with van der Waals surface area (Å²) in [4.78, 5) is 24.0. The number of aromatic carboxylic acids is 1. The van der Waals surface area contributed by atoms with Crippen molar-refractivity contribution < 1.29 is 14.3 Å². The summed E-state index contributed by atoms with van der Waals surface area (Å²) in [6.45, 7) is 4.78. The van der Waals surface area contributed by atoms with Gasteiger partial charge in [0.05, 0.1) is 11.1 Å². The SMILES string of the molecule is CCCc1c2c(c(NCC)c3c(=O)cc(C(=O)O)oc13)CCCC2. The monoisotopic (exact) mass is 329 g/mol. The van der Waals surface area contributed by atoms with E-state index < -0.39 is 5.97 Å². The molecule has 1 aromatic carbocycles. The largest absolute Gasteiger partial charge is 0.475 e. The summed E-state index contributed by atoms with van der Waals surface area (Å²) >= 11 is 0. The van der Waals surface area contributed by atoms with Crippen LogP contribution < -0.4 is 10.7 Å². The summed E-state index contributed by atoms with van der Waals surface area (Å²) < 4.78 is 5.70. The van der Waals surface area contributed by atoms with Gasteiger partial charge in [0.25, 0.3) is 0 Å². The smallest absolute Gasteiger partial charge is 0.371 e. The fraction of sp³-hybridized carbons (Fsp3) is 0.474. The van der Waals surface area contributed by atoms with Gasteiger partial charge in [-0.1, -0.05) is 13.3 Å². The fourth-order valence-corrected chi connectivity index (χ4v) is 3.74. The van der Waals surface area contributed by atoms with Gasteiger partial charge in [0.1, 0.15) is 5.58 Å². The van der Waals surface area contributed by atoms with Crippen LogP contribution in [0.5, 0.6) is 0 Å². The molecule has 0 unspecified atom stereocenters. The van der Waals surface area contributed by atoms with E-state index in [0.29, 0.717) is 17.5 Å². The zero-order chi connectivity index (χ0) is 17.3. The third kappa shape index (κ3) is 2.68. The van der Waals surface area contributed by atoms with Crippen molar-refractivity contribution in [3.63, 3.8) is 0 Å². The lowest BCUT2D eigenvalue weighted by Gasteiger charge is -2.25. The lowest BCUT2D eigenvalue weighted by atomic mass is 9.83. The Kier molecular flexibility index (Phi) is 4.60. The van der Waals surface area contributed by atoms with Crippen LogP contribution in [-0.2, 0) is 19.3 Å². The van der Waals surface area contributed by atoms with E-state index in [0.717, 1.165) is 55.8 Å². The second-order valence-electron chi connectivity index (χ2n) is 6.28. The van der Waals surface area contributed by atoms with E-state index in [1.807, 2.05) is 6.92 Å². The summed E-state index contributed by atoms with van der Waals surface area (Å²) in [5.41, 5.74) is 4.50. The molecule has 0 aliphatic heterocycles. The number of rotatable bonds is 5. The highest BCUT2D eigenvalue weighted by Crippen LogP contribution is 2.38. The number of hydrogen-bond donors (Lipinski definition) is 2. The van der Waals surface area contributed by atoms with Crippen molar-refractivity contribution in [1.29, 1.82) is 0 Å². The van der Waals surface area contributed by atoms with Crippen molar-refractivity contribution in [3.05, 3.63) is 38.7 Å². The van der Waals surface area contributed by atoms with Gasteiger partial charge in [0.15, 0.2) is 5.43 Å². The summed E-state index contributed by atoms with van der Waals surface area (Å²) in [7, 11) is 0. The number of hydrogen-bond acceptors (Lipinski definition) is 4. The van der Waals surface area contributed by atoms with Gasteiger partial charge in [0.2, 0.25) is 5.76 Å². The normalized spacial score (nSPS) is 13.8. The molecule has 1 aliphatic carbocycles. The number of fused-ring (bicyclic) bond motifs is 2. The molecule has 0 atom stereocenters. The molecule has 24 heavy (non-hydrogen) atoms. The maximum atomic E-state index is 12.7. The average molecular weight is 329 g/mol.